The molecule has 0 aromatic heterocycles. The maximum Gasteiger partial charge on any atom is 0.313 e. The van der Waals surface area contributed by atoms with E-state index in [0.29, 0.717) is 12.2 Å². The molecule has 2 aromatic rings. The Hall–Kier alpha value is -2.86. The number of fused-ring (bicyclic) bond motifs is 1. The Morgan fingerprint density at radius 2 is 1.78 bits per heavy atom. The number of likely N-dealkylation sites (tertiary alicyclic amines) is 1. The van der Waals surface area contributed by atoms with Gasteiger partial charge >= 0.3 is 11.8 Å². The lowest BCUT2D eigenvalue weighted by atomic mass is 9.95. The van der Waals surface area contributed by atoms with Gasteiger partial charge in [0.05, 0.1) is 6.04 Å². The molecule has 0 saturated carbocycles. The second-order valence-electron chi connectivity index (χ2n) is 9.06. The quantitative estimate of drug-likeness (QED) is 0.705. The Kier molecular flexibility index (Phi) is 7.10. The number of rotatable bonds is 5. The zero-order valence-corrected chi connectivity index (χ0v) is 19.2. The second kappa shape index (κ2) is 10.2. The van der Waals surface area contributed by atoms with Crippen LogP contribution in [0.3, 0.4) is 0 Å². The van der Waals surface area contributed by atoms with Gasteiger partial charge in [-0.25, -0.2) is 0 Å². The summed E-state index contributed by atoms with van der Waals surface area (Å²) in [5.74, 6) is -1.22. The van der Waals surface area contributed by atoms with Crippen LogP contribution in [0.15, 0.2) is 42.5 Å². The van der Waals surface area contributed by atoms with Crippen LogP contribution in [-0.4, -0.2) is 49.9 Å². The molecule has 0 bridgehead atoms. The van der Waals surface area contributed by atoms with Gasteiger partial charge in [-0.15, -0.1) is 0 Å². The Labute approximate surface area is 191 Å². The minimum Gasteiger partial charge on any atom is -0.374 e. The number of hydrogen-bond acceptors (Lipinski definition) is 4. The molecule has 0 unspecified atom stereocenters. The monoisotopic (exact) mass is 434 g/mol. The number of nitrogens with one attached hydrogen (secondary N) is 2. The van der Waals surface area contributed by atoms with Crippen molar-refractivity contribution in [1.82, 2.24) is 10.2 Å². The van der Waals surface area contributed by atoms with E-state index in [1.165, 1.54) is 36.1 Å². The van der Waals surface area contributed by atoms with Crippen molar-refractivity contribution in [3.8, 4) is 0 Å². The number of carbonyl (C=O) groups is 2. The molecule has 0 aliphatic carbocycles. The van der Waals surface area contributed by atoms with Crippen molar-refractivity contribution in [2.45, 2.75) is 45.1 Å². The van der Waals surface area contributed by atoms with Crippen molar-refractivity contribution >= 4 is 23.2 Å². The van der Waals surface area contributed by atoms with Crippen molar-refractivity contribution in [3.63, 3.8) is 0 Å². The molecule has 0 radical (unpaired) electrons. The number of anilines is 2. The molecule has 2 aliphatic rings. The highest BCUT2D eigenvalue weighted by Gasteiger charge is 2.26. The first kappa shape index (κ1) is 22.3. The largest absolute Gasteiger partial charge is 0.374 e. The van der Waals surface area contributed by atoms with Gasteiger partial charge in [-0.3, -0.25) is 14.5 Å². The summed E-state index contributed by atoms with van der Waals surface area (Å²) in [6.45, 7) is 5.51. The molecule has 2 aliphatic heterocycles. The second-order valence-corrected chi connectivity index (χ2v) is 9.06. The van der Waals surface area contributed by atoms with E-state index in [-0.39, 0.29) is 6.04 Å². The summed E-state index contributed by atoms with van der Waals surface area (Å²) in [4.78, 5) is 29.8. The molecule has 6 nitrogen and oxygen atoms in total. The fourth-order valence-electron chi connectivity index (χ4n) is 4.88. The van der Waals surface area contributed by atoms with Gasteiger partial charge in [0.2, 0.25) is 0 Å². The first-order valence-corrected chi connectivity index (χ1v) is 11.7. The third-order valence-electron chi connectivity index (χ3n) is 6.61. The Morgan fingerprint density at radius 1 is 0.969 bits per heavy atom. The first-order valence-electron chi connectivity index (χ1n) is 11.7. The van der Waals surface area contributed by atoms with E-state index < -0.39 is 11.8 Å². The fraction of sp³-hybridized carbons (Fsp3) is 0.462. The zero-order valence-electron chi connectivity index (χ0n) is 19.2. The molecule has 0 spiro atoms. The summed E-state index contributed by atoms with van der Waals surface area (Å²) >= 11 is 0. The maximum atomic E-state index is 12.6. The van der Waals surface area contributed by atoms with Gasteiger partial charge < -0.3 is 15.5 Å². The van der Waals surface area contributed by atoms with Gasteiger partial charge in [0, 0.05) is 31.5 Å². The number of nitrogens with zero attached hydrogens (tertiary/aromatic N) is 2. The summed E-state index contributed by atoms with van der Waals surface area (Å²) < 4.78 is 0. The lowest BCUT2D eigenvalue weighted by molar-refractivity contribution is -0.136. The Bertz CT molecular complexity index is 968. The molecule has 2 amide bonds. The molecule has 1 fully saturated rings. The molecular formula is C26H34N4O2. The molecule has 2 heterocycles. The van der Waals surface area contributed by atoms with Crippen molar-refractivity contribution in [1.29, 1.82) is 0 Å². The van der Waals surface area contributed by atoms with Crippen LogP contribution in [0.5, 0.6) is 0 Å². The summed E-state index contributed by atoms with van der Waals surface area (Å²) in [6.07, 6.45) is 5.85. The summed E-state index contributed by atoms with van der Waals surface area (Å²) in [7, 11) is 2.15. The minimum absolute atomic E-state index is 0.0727. The highest BCUT2D eigenvalue weighted by atomic mass is 16.2. The van der Waals surface area contributed by atoms with E-state index in [2.05, 4.69) is 45.7 Å². The van der Waals surface area contributed by atoms with Crippen molar-refractivity contribution in [3.05, 3.63) is 59.2 Å². The summed E-state index contributed by atoms with van der Waals surface area (Å²) in [5.41, 5.74) is 5.57. The van der Waals surface area contributed by atoms with Gasteiger partial charge in [-0.2, -0.15) is 0 Å². The summed E-state index contributed by atoms with van der Waals surface area (Å²) in [5, 5.41) is 5.60. The van der Waals surface area contributed by atoms with Crippen LogP contribution in [0.2, 0.25) is 0 Å². The van der Waals surface area contributed by atoms with Gasteiger partial charge in [-0.05, 0) is 80.6 Å². The average Bonchev–Trinajstić information content (AvgIpc) is 2.80. The van der Waals surface area contributed by atoms with Gasteiger partial charge in [-0.1, -0.05) is 30.7 Å². The maximum absolute atomic E-state index is 12.6. The number of carbonyl (C=O) groups excluding carboxylic acids is 2. The van der Waals surface area contributed by atoms with Crippen LogP contribution in [-0.2, 0) is 16.0 Å². The third kappa shape index (κ3) is 5.30. The van der Waals surface area contributed by atoms with Crippen LogP contribution in [0.25, 0.3) is 0 Å². The normalized spacial score (nSPS) is 17.4. The van der Waals surface area contributed by atoms with Gasteiger partial charge in [0.1, 0.15) is 0 Å². The van der Waals surface area contributed by atoms with E-state index in [9.17, 15) is 9.59 Å². The molecule has 1 atom stereocenters. The van der Waals surface area contributed by atoms with Crippen molar-refractivity contribution < 1.29 is 9.59 Å². The van der Waals surface area contributed by atoms with E-state index >= 15 is 0 Å². The number of amides is 2. The van der Waals surface area contributed by atoms with E-state index in [1.54, 1.807) is 6.07 Å². The predicted molar refractivity (Wildman–Crippen MR) is 129 cm³/mol. The van der Waals surface area contributed by atoms with E-state index in [1.807, 2.05) is 25.1 Å². The van der Waals surface area contributed by atoms with E-state index in [0.717, 1.165) is 38.0 Å². The minimum atomic E-state index is -0.625. The zero-order chi connectivity index (χ0) is 22.5. The van der Waals surface area contributed by atoms with Gasteiger partial charge in [0.15, 0.2) is 0 Å². The SMILES string of the molecule is Cc1cccc(NC(=O)C(=O)NC[C@@H](c2ccc3c(c2)CCCN3C)N2CCCCC2)c1. The molecule has 4 rings (SSSR count). The number of aryl methyl sites for hydroxylation is 2. The van der Waals surface area contributed by atoms with Crippen LogP contribution in [0, 0.1) is 6.92 Å². The molecule has 1 saturated heterocycles. The number of benzene rings is 2. The van der Waals surface area contributed by atoms with E-state index in [4.69, 9.17) is 0 Å². The molecule has 2 aromatic carbocycles. The highest BCUT2D eigenvalue weighted by Crippen LogP contribution is 2.31. The lowest BCUT2D eigenvalue weighted by Gasteiger charge is -2.36. The fourth-order valence-corrected chi connectivity index (χ4v) is 4.88. The predicted octanol–water partition coefficient (Wildman–Crippen LogP) is 3.66. The molecule has 6 heteroatoms. The third-order valence-corrected chi connectivity index (χ3v) is 6.61. The topological polar surface area (TPSA) is 64.7 Å². The molecule has 170 valence electrons. The first-order chi connectivity index (χ1) is 15.5. The van der Waals surface area contributed by atoms with Crippen molar-refractivity contribution in [2.24, 2.45) is 0 Å². The molecule has 2 N–H and O–H groups in total. The van der Waals surface area contributed by atoms with Crippen LogP contribution >= 0.6 is 0 Å². The van der Waals surface area contributed by atoms with Crippen LogP contribution in [0.1, 0.15) is 48.4 Å². The Balaban J connectivity index is 1.46. The van der Waals surface area contributed by atoms with Crippen LogP contribution < -0.4 is 15.5 Å². The molecular weight excluding hydrogens is 400 g/mol. The van der Waals surface area contributed by atoms with Gasteiger partial charge in [0.25, 0.3) is 0 Å². The lowest BCUT2D eigenvalue weighted by Crippen LogP contribution is -2.43. The number of piperidine rings is 1. The molecule has 32 heavy (non-hydrogen) atoms. The van der Waals surface area contributed by atoms with Crippen molar-refractivity contribution in [2.75, 3.05) is 43.4 Å². The smallest absolute Gasteiger partial charge is 0.313 e. The highest BCUT2D eigenvalue weighted by molar-refractivity contribution is 6.39. The van der Waals surface area contributed by atoms with Crippen LogP contribution in [0.4, 0.5) is 11.4 Å². The average molecular weight is 435 g/mol. The number of hydrogen-bond donors (Lipinski definition) is 2. The summed E-state index contributed by atoms with van der Waals surface area (Å²) in [6, 6.07) is 14.3. The standard InChI is InChI=1S/C26H34N4O2/c1-19-8-6-10-22(16-19)28-26(32)25(31)27-18-24(30-14-4-3-5-15-30)21-11-12-23-20(17-21)9-7-13-29(23)2/h6,8,10-12,16-17,24H,3-5,7,9,13-15,18H2,1-2H3,(H,27,31)(H,28,32)/t24-/m0/s1. The Morgan fingerprint density at radius 3 is 2.56 bits per heavy atom.